The van der Waals surface area contributed by atoms with Crippen LogP contribution in [-0.4, -0.2) is 32.1 Å². The lowest BCUT2D eigenvalue weighted by molar-refractivity contribution is -0.122. The van der Waals surface area contributed by atoms with Crippen LogP contribution in [0.2, 0.25) is 0 Å². The van der Waals surface area contributed by atoms with Gasteiger partial charge in [-0.3, -0.25) is 4.79 Å². The van der Waals surface area contributed by atoms with Crippen LogP contribution in [0.5, 0.6) is 0 Å². The quantitative estimate of drug-likeness (QED) is 0.580. The number of rotatable bonds is 6. The predicted octanol–water partition coefficient (Wildman–Crippen LogP) is 0.201. The van der Waals surface area contributed by atoms with Crippen LogP contribution in [0.3, 0.4) is 0 Å². The highest BCUT2D eigenvalue weighted by Gasteiger charge is 1.97. The van der Waals surface area contributed by atoms with Gasteiger partial charge in [-0.1, -0.05) is 6.92 Å². The molecule has 3 heteroatoms. The van der Waals surface area contributed by atoms with E-state index in [0.717, 1.165) is 6.54 Å². The Hall–Kier alpha value is -0.410. The van der Waals surface area contributed by atoms with Gasteiger partial charge < -0.3 is 10.1 Å². The van der Waals surface area contributed by atoms with Crippen LogP contribution >= 0.6 is 0 Å². The Labute approximate surface area is 61.8 Å². The number of hydrogen-bond acceptors (Lipinski definition) is 3. The molecule has 1 N–H and O–H groups in total. The lowest BCUT2D eigenvalue weighted by atomic mass is 10.4. The van der Waals surface area contributed by atoms with Crippen LogP contribution in [0, 0.1) is 0 Å². The van der Waals surface area contributed by atoms with E-state index in [1.165, 1.54) is 0 Å². The van der Waals surface area contributed by atoms with E-state index in [2.05, 4.69) is 5.32 Å². The van der Waals surface area contributed by atoms with Gasteiger partial charge in [0.2, 0.25) is 0 Å². The van der Waals surface area contributed by atoms with E-state index in [1.807, 2.05) is 13.8 Å². The summed E-state index contributed by atoms with van der Waals surface area (Å²) in [5, 5.41) is 2.93. The largest absolute Gasteiger partial charge is 0.374 e. The third kappa shape index (κ3) is 5.72. The smallest absolute Gasteiger partial charge is 0.172 e. The molecule has 0 aromatic heterocycles. The summed E-state index contributed by atoms with van der Waals surface area (Å²) in [6.07, 6.45) is 0. The highest BCUT2D eigenvalue weighted by atomic mass is 16.5. The molecule has 0 aliphatic carbocycles. The first-order valence-electron chi connectivity index (χ1n) is 3.61. The second kappa shape index (κ2) is 6.71. The van der Waals surface area contributed by atoms with Gasteiger partial charge in [0.25, 0.3) is 0 Å². The molecule has 0 aliphatic rings. The van der Waals surface area contributed by atoms with Gasteiger partial charge in [-0.05, 0) is 13.5 Å². The van der Waals surface area contributed by atoms with Gasteiger partial charge >= 0.3 is 0 Å². The first kappa shape index (κ1) is 9.59. The molecular formula is C7H15NO2. The van der Waals surface area contributed by atoms with Crippen LogP contribution in [0.1, 0.15) is 13.8 Å². The highest BCUT2D eigenvalue weighted by Crippen LogP contribution is 1.74. The van der Waals surface area contributed by atoms with E-state index in [1.54, 1.807) is 0 Å². The summed E-state index contributed by atoms with van der Waals surface area (Å²) in [5.74, 6) is 0.115. The van der Waals surface area contributed by atoms with Crippen molar-refractivity contribution in [2.45, 2.75) is 13.8 Å². The number of ketones is 1. The van der Waals surface area contributed by atoms with E-state index in [4.69, 9.17) is 4.74 Å². The molecule has 0 heterocycles. The first-order valence-corrected chi connectivity index (χ1v) is 3.61. The Morgan fingerprint density at radius 2 is 2.20 bits per heavy atom. The fourth-order valence-electron chi connectivity index (χ4n) is 0.531. The molecule has 60 valence electrons. The molecule has 0 unspecified atom stereocenters. The topological polar surface area (TPSA) is 38.3 Å². The second-order valence-corrected chi connectivity index (χ2v) is 1.96. The Morgan fingerprint density at radius 1 is 1.50 bits per heavy atom. The predicted molar refractivity (Wildman–Crippen MR) is 40.0 cm³/mol. The van der Waals surface area contributed by atoms with E-state index in [9.17, 15) is 4.79 Å². The van der Waals surface area contributed by atoms with Gasteiger partial charge in [-0.2, -0.15) is 0 Å². The monoisotopic (exact) mass is 145 g/mol. The van der Waals surface area contributed by atoms with Crippen molar-refractivity contribution in [2.24, 2.45) is 0 Å². The summed E-state index contributed by atoms with van der Waals surface area (Å²) in [5.41, 5.74) is 0. The molecule has 0 saturated heterocycles. The molecular weight excluding hydrogens is 130 g/mol. The second-order valence-electron chi connectivity index (χ2n) is 1.96. The number of hydrogen-bond donors (Lipinski definition) is 1. The minimum Gasteiger partial charge on any atom is -0.374 e. The Balaban J connectivity index is 3.09. The minimum absolute atomic E-state index is 0.115. The lowest BCUT2D eigenvalue weighted by Gasteiger charge is -2.00. The number of carbonyl (C=O) groups is 1. The third-order valence-electron chi connectivity index (χ3n) is 1.04. The van der Waals surface area contributed by atoms with E-state index in [0.29, 0.717) is 13.2 Å². The Bertz CT molecular complexity index is 83.6. The van der Waals surface area contributed by atoms with E-state index in [-0.39, 0.29) is 12.4 Å². The maximum absolute atomic E-state index is 10.8. The highest BCUT2D eigenvalue weighted by molar-refractivity contribution is 5.81. The average molecular weight is 145 g/mol. The summed E-state index contributed by atoms with van der Waals surface area (Å²) in [7, 11) is 0. The SMILES string of the molecule is CCNCC(=O)COCC. The molecule has 0 fully saturated rings. The average Bonchev–Trinajstić information content (AvgIpc) is 1.97. The molecule has 3 nitrogen and oxygen atoms in total. The van der Waals surface area contributed by atoms with E-state index < -0.39 is 0 Å². The van der Waals surface area contributed by atoms with Crippen LogP contribution in [0.4, 0.5) is 0 Å². The molecule has 0 aromatic carbocycles. The van der Waals surface area contributed by atoms with Crippen molar-refractivity contribution in [1.29, 1.82) is 0 Å². The number of ether oxygens (including phenoxy) is 1. The standard InChI is InChI=1S/C7H15NO2/c1-3-8-5-7(9)6-10-4-2/h8H,3-6H2,1-2H3. The van der Waals surface area contributed by atoms with Crippen molar-refractivity contribution in [3.05, 3.63) is 0 Å². The molecule has 0 atom stereocenters. The van der Waals surface area contributed by atoms with Crippen molar-refractivity contribution in [1.82, 2.24) is 5.32 Å². The van der Waals surface area contributed by atoms with Gasteiger partial charge in [0.15, 0.2) is 5.78 Å². The maximum atomic E-state index is 10.8. The molecule has 0 rings (SSSR count). The van der Waals surface area contributed by atoms with Crippen molar-refractivity contribution in [3.63, 3.8) is 0 Å². The molecule has 0 spiro atoms. The molecule has 0 saturated carbocycles. The normalized spacial score (nSPS) is 9.80. The molecule has 0 aromatic rings. The van der Waals surface area contributed by atoms with Crippen LogP contribution in [0.25, 0.3) is 0 Å². The molecule has 10 heavy (non-hydrogen) atoms. The maximum Gasteiger partial charge on any atom is 0.172 e. The van der Waals surface area contributed by atoms with Crippen LogP contribution < -0.4 is 5.32 Å². The number of carbonyl (C=O) groups excluding carboxylic acids is 1. The van der Waals surface area contributed by atoms with Crippen LogP contribution in [0.15, 0.2) is 0 Å². The van der Waals surface area contributed by atoms with Gasteiger partial charge in [0.05, 0.1) is 6.54 Å². The Kier molecular flexibility index (Phi) is 6.43. The Morgan fingerprint density at radius 3 is 2.70 bits per heavy atom. The van der Waals surface area contributed by atoms with Gasteiger partial charge in [0, 0.05) is 6.61 Å². The summed E-state index contributed by atoms with van der Waals surface area (Å²) in [6, 6.07) is 0. The summed E-state index contributed by atoms with van der Waals surface area (Å²) in [4.78, 5) is 10.8. The van der Waals surface area contributed by atoms with E-state index >= 15 is 0 Å². The zero-order chi connectivity index (χ0) is 7.82. The third-order valence-corrected chi connectivity index (χ3v) is 1.04. The minimum atomic E-state index is 0.115. The lowest BCUT2D eigenvalue weighted by Crippen LogP contribution is -2.25. The van der Waals surface area contributed by atoms with Crippen molar-refractivity contribution < 1.29 is 9.53 Å². The fraction of sp³-hybridized carbons (Fsp3) is 0.857. The molecule has 0 aliphatic heterocycles. The van der Waals surface area contributed by atoms with Gasteiger partial charge in [-0.15, -0.1) is 0 Å². The summed E-state index contributed by atoms with van der Waals surface area (Å²) >= 11 is 0. The molecule has 0 amide bonds. The first-order chi connectivity index (χ1) is 4.81. The van der Waals surface area contributed by atoms with Gasteiger partial charge in [-0.25, -0.2) is 0 Å². The van der Waals surface area contributed by atoms with Crippen molar-refractivity contribution in [2.75, 3.05) is 26.3 Å². The summed E-state index contributed by atoms with van der Waals surface area (Å²) < 4.78 is 4.90. The molecule has 0 bridgehead atoms. The van der Waals surface area contributed by atoms with Crippen molar-refractivity contribution >= 4 is 5.78 Å². The van der Waals surface area contributed by atoms with Crippen LogP contribution in [-0.2, 0) is 9.53 Å². The van der Waals surface area contributed by atoms with Gasteiger partial charge in [0.1, 0.15) is 6.61 Å². The summed E-state index contributed by atoms with van der Waals surface area (Å²) in [6.45, 7) is 5.95. The van der Waals surface area contributed by atoms with Crippen molar-refractivity contribution in [3.8, 4) is 0 Å². The number of Topliss-reactive ketones (excluding diaryl/α,β-unsaturated/α-hetero) is 1. The number of likely N-dealkylation sites (N-methyl/N-ethyl adjacent to an activating group) is 1. The number of nitrogens with one attached hydrogen (secondary N) is 1. The zero-order valence-corrected chi connectivity index (χ0v) is 6.64. The fourth-order valence-corrected chi connectivity index (χ4v) is 0.531. The zero-order valence-electron chi connectivity index (χ0n) is 6.64. The molecule has 0 radical (unpaired) electrons.